The van der Waals surface area contributed by atoms with Gasteiger partial charge < -0.3 is 9.73 Å². The third-order valence-corrected chi connectivity index (χ3v) is 2.84. The Labute approximate surface area is 99.5 Å². The molecule has 0 saturated heterocycles. The van der Waals surface area contributed by atoms with Crippen LogP contribution in [0.5, 0.6) is 0 Å². The second kappa shape index (κ2) is 4.58. The lowest BCUT2D eigenvalue weighted by molar-refractivity contribution is 0.562. The summed E-state index contributed by atoms with van der Waals surface area (Å²) in [5.74, 6) is 0. The molecule has 3 nitrogen and oxygen atoms in total. The molecule has 2 heterocycles. The van der Waals surface area contributed by atoms with Gasteiger partial charge in [0, 0.05) is 5.56 Å². The van der Waals surface area contributed by atoms with Crippen molar-refractivity contribution in [2.45, 2.75) is 19.9 Å². The number of hydrogen-bond donors (Lipinski definition) is 1. The van der Waals surface area contributed by atoms with Crippen molar-refractivity contribution >= 4 is 17.3 Å². The van der Waals surface area contributed by atoms with Crippen LogP contribution in [0.25, 0.3) is 0 Å². The highest BCUT2D eigenvalue weighted by atomic mass is 35.5. The van der Waals surface area contributed by atoms with Gasteiger partial charge in [-0.05, 0) is 31.5 Å². The lowest BCUT2D eigenvalue weighted by Gasteiger charge is -2.13. The molecule has 2 aromatic rings. The van der Waals surface area contributed by atoms with Gasteiger partial charge in [-0.3, -0.25) is 0 Å². The minimum absolute atomic E-state index is 0.182. The number of aromatic nitrogens is 1. The van der Waals surface area contributed by atoms with E-state index in [1.165, 1.54) is 0 Å². The van der Waals surface area contributed by atoms with E-state index in [1.54, 1.807) is 18.7 Å². The minimum atomic E-state index is 0.182. The summed E-state index contributed by atoms with van der Waals surface area (Å²) in [7, 11) is 0. The van der Waals surface area contributed by atoms with Gasteiger partial charge in [0.25, 0.3) is 0 Å². The molecular formula is C12H13ClN2O. The van der Waals surface area contributed by atoms with Gasteiger partial charge in [-0.15, -0.1) is 0 Å². The third kappa shape index (κ3) is 2.36. The van der Waals surface area contributed by atoms with E-state index in [9.17, 15) is 0 Å². The van der Waals surface area contributed by atoms with E-state index < -0.39 is 0 Å². The van der Waals surface area contributed by atoms with Crippen LogP contribution in [0.1, 0.15) is 24.1 Å². The summed E-state index contributed by atoms with van der Waals surface area (Å²) in [6.45, 7) is 4.00. The Hall–Kier alpha value is -1.48. The monoisotopic (exact) mass is 236 g/mol. The summed E-state index contributed by atoms with van der Waals surface area (Å²) in [4.78, 5) is 4.09. The first-order chi connectivity index (χ1) is 7.66. The second-order valence-corrected chi connectivity index (χ2v) is 4.11. The van der Waals surface area contributed by atoms with E-state index in [4.69, 9.17) is 16.0 Å². The van der Waals surface area contributed by atoms with Crippen LogP contribution >= 0.6 is 11.6 Å². The first-order valence-electron chi connectivity index (χ1n) is 5.07. The summed E-state index contributed by atoms with van der Waals surface area (Å²) in [5.41, 5.74) is 3.02. The van der Waals surface area contributed by atoms with Crippen molar-refractivity contribution in [1.29, 1.82) is 0 Å². The van der Waals surface area contributed by atoms with Gasteiger partial charge in [0.15, 0.2) is 0 Å². The Morgan fingerprint density at radius 1 is 1.50 bits per heavy atom. The van der Waals surface area contributed by atoms with Gasteiger partial charge in [0.2, 0.25) is 0 Å². The average Bonchev–Trinajstić information content (AvgIpc) is 2.77. The number of aryl methyl sites for hydroxylation is 1. The fraction of sp³-hybridized carbons (Fsp3) is 0.250. The summed E-state index contributed by atoms with van der Waals surface area (Å²) in [6.07, 6.45) is 5.12. The zero-order valence-corrected chi connectivity index (χ0v) is 9.95. The quantitative estimate of drug-likeness (QED) is 0.824. The lowest BCUT2D eigenvalue weighted by Crippen LogP contribution is -2.06. The van der Waals surface area contributed by atoms with E-state index in [1.807, 2.05) is 19.1 Å². The number of anilines is 1. The molecule has 0 aromatic carbocycles. The molecule has 0 saturated carbocycles. The van der Waals surface area contributed by atoms with Gasteiger partial charge in [0.1, 0.15) is 5.15 Å². The van der Waals surface area contributed by atoms with Crippen LogP contribution in [-0.4, -0.2) is 4.98 Å². The van der Waals surface area contributed by atoms with E-state index in [0.29, 0.717) is 5.15 Å². The molecule has 0 radical (unpaired) electrons. The van der Waals surface area contributed by atoms with Crippen molar-refractivity contribution in [2.75, 3.05) is 5.32 Å². The molecule has 2 rings (SSSR count). The Bertz CT molecular complexity index is 468. The van der Waals surface area contributed by atoms with E-state index >= 15 is 0 Å². The second-order valence-electron chi connectivity index (χ2n) is 3.75. The summed E-state index contributed by atoms with van der Waals surface area (Å²) in [6, 6.07) is 4.10. The molecule has 4 heteroatoms. The molecule has 1 atom stereocenters. The standard InChI is InChI=1S/C12H13ClN2O/c1-8-5-11(6-14-12(8)13)15-9(2)10-3-4-16-7-10/h3-7,9,15H,1-2H3. The van der Waals surface area contributed by atoms with Crippen molar-refractivity contribution in [3.8, 4) is 0 Å². The molecule has 16 heavy (non-hydrogen) atoms. The average molecular weight is 237 g/mol. The molecule has 2 aromatic heterocycles. The van der Waals surface area contributed by atoms with Crippen molar-refractivity contribution in [1.82, 2.24) is 4.98 Å². The zero-order valence-electron chi connectivity index (χ0n) is 9.20. The van der Waals surface area contributed by atoms with Gasteiger partial charge in [-0.25, -0.2) is 4.98 Å². The van der Waals surface area contributed by atoms with E-state index in [2.05, 4.69) is 17.2 Å². The van der Waals surface area contributed by atoms with Crippen LogP contribution in [0, 0.1) is 6.92 Å². The molecule has 0 aliphatic heterocycles. The van der Waals surface area contributed by atoms with Crippen molar-refractivity contribution in [3.05, 3.63) is 47.1 Å². The minimum Gasteiger partial charge on any atom is -0.472 e. The van der Waals surface area contributed by atoms with Gasteiger partial charge in [0.05, 0.1) is 30.5 Å². The Balaban J connectivity index is 2.12. The van der Waals surface area contributed by atoms with Crippen molar-refractivity contribution < 1.29 is 4.42 Å². The largest absolute Gasteiger partial charge is 0.472 e. The highest BCUT2D eigenvalue weighted by Crippen LogP contribution is 2.21. The summed E-state index contributed by atoms with van der Waals surface area (Å²) >= 11 is 5.86. The SMILES string of the molecule is Cc1cc(NC(C)c2ccoc2)cnc1Cl. The molecule has 84 valence electrons. The Kier molecular flexibility index (Phi) is 3.15. The van der Waals surface area contributed by atoms with Crippen LogP contribution in [0.15, 0.2) is 35.3 Å². The smallest absolute Gasteiger partial charge is 0.132 e. The molecule has 0 aliphatic carbocycles. The first kappa shape index (κ1) is 11.0. The van der Waals surface area contributed by atoms with Gasteiger partial charge in [-0.1, -0.05) is 11.6 Å². The molecule has 0 aliphatic rings. The molecule has 0 fully saturated rings. The third-order valence-electron chi connectivity index (χ3n) is 2.44. The van der Waals surface area contributed by atoms with Crippen LogP contribution < -0.4 is 5.32 Å². The predicted molar refractivity (Wildman–Crippen MR) is 64.7 cm³/mol. The number of furan rings is 1. The van der Waals surface area contributed by atoms with Crippen LogP contribution in [0.4, 0.5) is 5.69 Å². The first-order valence-corrected chi connectivity index (χ1v) is 5.45. The molecule has 0 bridgehead atoms. The molecule has 1 N–H and O–H groups in total. The van der Waals surface area contributed by atoms with Crippen LogP contribution in [-0.2, 0) is 0 Å². The fourth-order valence-electron chi connectivity index (χ4n) is 1.49. The fourth-order valence-corrected chi connectivity index (χ4v) is 1.60. The van der Waals surface area contributed by atoms with Crippen LogP contribution in [0.2, 0.25) is 5.15 Å². The zero-order chi connectivity index (χ0) is 11.5. The summed E-state index contributed by atoms with van der Waals surface area (Å²) in [5, 5.41) is 3.87. The molecule has 0 amide bonds. The maximum absolute atomic E-state index is 5.86. The molecule has 1 unspecified atom stereocenters. The number of hydrogen-bond acceptors (Lipinski definition) is 3. The van der Waals surface area contributed by atoms with Gasteiger partial charge >= 0.3 is 0 Å². The Morgan fingerprint density at radius 2 is 2.31 bits per heavy atom. The number of nitrogens with one attached hydrogen (secondary N) is 1. The normalized spacial score (nSPS) is 12.4. The highest BCUT2D eigenvalue weighted by molar-refractivity contribution is 6.30. The molecule has 0 spiro atoms. The lowest BCUT2D eigenvalue weighted by atomic mass is 10.1. The maximum Gasteiger partial charge on any atom is 0.132 e. The number of rotatable bonds is 3. The van der Waals surface area contributed by atoms with Crippen molar-refractivity contribution in [3.63, 3.8) is 0 Å². The Morgan fingerprint density at radius 3 is 2.94 bits per heavy atom. The maximum atomic E-state index is 5.86. The number of pyridine rings is 1. The number of nitrogens with zero attached hydrogens (tertiary/aromatic N) is 1. The highest BCUT2D eigenvalue weighted by Gasteiger charge is 2.07. The van der Waals surface area contributed by atoms with Crippen molar-refractivity contribution in [2.24, 2.45) is 0 Å². The van der Waals surface area contributed by atoms with E-state index in [0.717, 1.165) is 16.8 Å². The van der Waals surface area contributed by atoms with E-state index in [-0.39, 0.29) is 6.04 Å². The topological polar surface area (TPSA) is 38.1 Å². The number of halogens is 1. The predicted octanol–water partition coefficient (Wildman–Crippen LogP) is 3.81. The summed E-state index contributed by atoms with van der Waals surface area (Å²) < 4.78 is 5.04. The van der Waals surface area contributed by atoms with Crippen LogP contribution in [0.3, 0.4) is 0 Å². The van der Waals surface area contributed by atoms with Gasteiger partial charge in [-0.2, -0.15) is 0 Å². The molecular weight excluding hydrogens is 224 g/mol.